The minimum atomic E-state index is -0.234. The number of aromatic nitrogens is 5. The molecule has 0 bridgehead atoms. The van der Waals surface area contributed by atoms with Gasteiger partial charge in [-0.3, -0.25) is 14.2 Å². The van der Waals surface area contributed by atoms with Crippen LogP contribution in [0.2, 0.25) is 0 Å². The van der Waals surface area contributed by atoms with Crippen LogP contribution in [0.5, 0.6) is 0 Å². The van der Waals surface area contributed by atoms with Gasteiger partial charge in [0.25, 0.3) is 11.1 Å². The van der Waals surface area contributed by atoms with Gasteiger partial charge in [0.2, 0.25) is 0 Å². The van der Waals surface area contributed by atoms with Crippen molar-refractivity contribution >= 4 is 33.6 Å². The van der Waals surface area contributed by atoms with Crippen molar-refractivity contribution < 1.29 is 4.74 Å². The maximum absolute atomic E-state index is 13.1. The number of benzene rings is 2. The molecule has 2 aromatic heterocycles. The first-order valence-corrected chi connectivity index (χ1v) is 10.0. The van der Waals surface area contributed by atoms with Crippen molar-refractivity contribution in [2.75, 3.05) is 13.7 Å². The lowest BCUT2D eigenvalue weighted by atomic mass is 10.2. The van der Waals surface area contributed by atoms with Gasteiger partial charge in [0, 0.05) is 7.11 Å². The molecule has 9 heteroatoms. The molecular formula is C20H19N5O3S. The SMILES string of the molecule is COC[C@@H](C)n1c(SCn2nnc3ccccc3c2=O)nc2ccccc2c1=O. The largest absolute Gasteiger partial charge is 0.383 e. The van der Waals surface area contributed by atoms with Gasteiger partial charge in [-0.1, -0.05) is 41.2 Å². The molecule has 0 unspecified atom stereocenters. The van der Waals surface area contributed by atoms with E-state index >= 15 is 0 Å². The molecule has 0 aliphatic heterocycles. The third-order valence-electron chi connectivity index (χ3n) is 4.57. The molecule has 0 aliphatic carbocycles. The van der Waals surface area contributed by atoms with Crippen LogP contribution < -0.4 is 11.1 Å². The predicted octanol–water partition coefficient (Wildman–Crippen LogP) is 2.46. The summed E-state index contributed by atoms with van der Waals surface area (Å²) in [6, 6.07) is 14.1. The Kier molecular flexibility index (Phi) is 5.41. The van der Waals surface area contributed by atoms with Crippen molar-refractivity contribution in [3.05, 3.63) is 69.2 Å². The third-order valence-corrected chi connectivity index (χ3v) is 5.49. The lowest BCUT2D eigenvalue weighted by molar-refractivity contribution is 0.156. The van der Waals surface area contributed by atoms with Crippen molar-refractivity contribution in [2.45, 2.75) is 24.0 Å². The number of nitrogens with zero attached hydrogens (tertiary/aromatic N) is 5. The van der Waals surface area contributed by atoms with E-state index < -0.39 is 0 Å². The van der Waals surface area contributed by atoms with E-state index in [1.807, 2.05) is 25.1 Å². The summed E-state index contributed by atoms with van der Waals surface area (Å²) in [4.78, 5) is 30.4. The van der Waals surface area contributed by atoms with E-state index in [2.05, 4.69) is 15.3 Å². The Bertz CT molecular complexity index is 1300. The van der Waals surface area contributed by atoms with E-state index in [1.54, 1.807) is 42.0 Å². The molecule has 0 N–H and O–H groups in total. The Morgan fingerprint density at radius 2 is 1.66 bits per heavy atom. The molecule has 29 heavy (non-hydrogen) atoms. The molecule has 1 atom stereocenters. The summed E-state index contributed by atoms with van der Waals surface area (Å²) in [6.07, 6.45) is 0. The van der Waals surface area contributed by atoms with E-state index in [0.717, 1.165) is 0 Å². The number of ether oxygens (including phenoxy) is 1. The lowest BCUT2D eigenvalue weighted by Gasteiger charge is -2.18. The molecular weight excluding hydrogens is 390 g/mol. The smallest absolute Gasteiger partial charge is 0.278 e. The van der Waals surface area contributed by atoms with Crippen LogP contribution in [0.25, 0.3) is 21.8 Å². The molecule has 0 amide bonds. The Morgan fingerprint density at radius 1 is 1.00 bits per heavy atom. The van der Waals surface area contributed by atoms with E-state index in [0.29, 0.717) is 33.6 Å². The predicted molar refractivity (Wildman–Crippen MR) is 112 cm³/mol. The van der Waals surface area contributed by atoms with Gasteiger partial charge in [0.1, 0.15) is 5.52 Å². The van der Waals surface area contributed by atoms with E-state index in [-0.39, 0.29) is 23.0 Å². The minimum Gasteiger partial charge on any atom is -0.383 e. The molecule has 148 valence electrons. The van der Waals surface area contributed by atoms with Gasteiger partial charge in [0.05, 0.1) is 34.8 Å². The summed E-state index contributed by atoms with van der Waals surface area (Å²) in [5, 5.41) is 9.65. The number of hydrogen-bond acceptors (Lipinski definition) is 7. The van der Waals surface area contributed by atoms with E-state index in [4.69, 9.17) is 4.74 Å². The normalized spacial score (nSPS) is 12.5. The van der Waals surface area contributed by atoms with Crippen LogP contribution in [0.15, 0.2) is 63.3 Å². The number of methoxy groups -OCH3 is 1. The van der Waals surface area contributed by atoms with Crippen molar-refractivity contribution in [2.24, 2.45) is 0 Å². The molecule has 8 nitrogen and oxygen atoms in total. The standard InChI is InChI=1S/C20H19N5O3S/c1-13(11-28-2)25-19(27)14-7-3-5-9-16(14)21-20(25)29-12-24-18(26)15-8-4-6-10-17(15)22-23-24/h3-10,13H,11-12H2,1-2H3/t13-/m1/s1. The van der Waals surface area contributed by atoms with Crippen LogP contribution in [0.3, 0.4) is 0 Å². The summed E-state index contributed by atoms with van der Waals surface area (Å²) in [6.45, 7) is 2.26. The van der Waals surface area contributed by atoms with Gasteiger partial charge < -0.3 is 4.74 Å². The fraction of sp³-hybridized carbons (Fsp3) is 0.250. The van der Waals surface area contributed by atoms with E-state index in [1.165, 1.54) is 16.4 Å². The quantitative estimate of drug-likeness (QED) is 0.357. The number of fused-ring (bicyclic) bond motifs is 2. The molecule has 0 saturated heterocycles. The Labute approximate surface area is 170 Å². The minimum absolute atomic E-state index is 0.139. The molecule has 2 heterocycles. The Morgan fingerprint density at radius 3 is 2.38 bits per heavy atom. The molecule has 4 aromatic rings. The fourth-order valence-corrected chi connectivity index (χ4v) is 4.13. The zero-order valence-corrected chi connectivity index (χ0v) is 16.8. The van der Waals surface area contributed by atoms with Crippen LogP contribution in [-0.4, -0.2) is 38.3 Å². The highest BCUT2D eigenvalue weighted by molar-refractivity contribution is 7.98. The summed E-state index contributed by atoms with van der Waals surface area (Å²) in [5.41, 5.74) is 0.785. The molecule has 0 saturated carbocycles. The second-order valence-corrected chi connectivity index (χ2v) is 7.49. The van der Waals surface area contributed by atoms with Crippen molar-refractivity contribution in [1.82, 2.24) is 24.5 Å². The third kappa shape index (κ3) is 3.66. The second kappa shape index (κ2) is 8.14. The van der Waals surface area contributed by atoms with Crippen LogP contribution in [0, 0.1) is 0 Å². The number of para-hydroxylation sites is 1. The molecule has 0 aliphatic rings. The molecule has 0 fully saturated rings. The summed E-state index contributed by atoms with van der Waals surface area (Å²) >= 11 is 1.26. The molecule has 0 spiro atoms. The van der Waals surface area contributed by atoms with Gasteiger partial charge in [-0.2, -0.15) is 4.68 Å². The van der Waals surface area contributed by atoms with Crippen LogP contribution in [-0.2, 0) is 10.6 Å². The van der Waals surface area contributed by atoms with Gasteiger partial charge in [0.15, 0.2) is 5.16 Å². The number of hydrogen-bond donors (Lipinski definition) is 0. The maximum Gasteiger partial charge on any atom is 0.278 e. The summed E-state index contributed by atoms with van der Waals surface area (Å²) in [5.74, 6) is 0.182. The van der Waals surface area contributed by atoms with Gasteiger partial charge in [-0.05, 0) is 31.2 Å². The average molecular weight is 409 g/mol. The van der Waals surface area contributed by atoms with Crippen LogP contribution in [0.4, 0.5) is 0 Å². The molecule has 2 aromatic carbocycles. The van der Waals surface area contributed by atoms with Crippen molar-refractivity contribution in [3.8, 4) is 0 Å². The topological polar surface area (TPSA) is 91.9 Å². The van der Waals surface area contributed by atoms with Crippen LogP contribution >= 0.6 is 11.8 Å². The van der Waals surface area contributed by atoms with Gasteiger partial charge in [-0.25, -0.2) is 4.98 Å². The maximum atomic E-state index is 13.1. The second-order valence-electron chi connectivity index (χ2n) is 6.58. The highest BCUT2D eigenvalue weighted by atomic mass is 32.2. The summed E-state index contributed by atoms with van der Waals surface area (Å²) < 4.78 is 8.12. The first-order chi connectivity index (χ1) is 14.1. The van der Waals surface area contributed by atoms with E-state index in [9.17, 15) is 9.59 Å². The first kappa shape index (κ1) is 19.3. The fourth-order valence-electron chi connectivity index (χ4n) is 3.16. The van der Waals surface area contributed by atoms with Crippen LogP contribution in [0.1, 0.15) is 13.0 Å². The molecule has 0 radical (unpaired) electrons. The zero-order valence-electron chi connectivity index (χ0n) is 16.0. The highest BCUT2D eigenvalue weighted by Gasteiger charge is 2.17. The van der Waals surface area contributed by atoms with Crippen molar-refractivity contribution in [3.63, 3.8) is 0 Å². The zero-order chi connectivity index (χ0) is 20.4. The molecule has 4 rings (SSSR count). The van der Waals surface area contributed by atoms with Gasteiger partial charge in [-0.15, -0.1) is 5.10 Å². The highest BCUT2D eigenvalue weighted by Crippen LogP contribution is 2.22. The number of thioether (sulfide) groups is 1. The Hall–Kier alpha value is -3.04. The monoisotopic (exact) mass is 409 g/mol. The van der Waals surface area contributed by atoms with Gasteiger partial charge >= 0.3 is 0 Å². The summed E-state index contributed by atoms with van der Waals surface area (Å²) in [7, 11) is 1.59. The lowest BCUT2D eigenvalue weighted by Crippen LogP contribution is -2.29. The number of rotatable bonds is 6. The average Bonchev–Trinajstić information content (AvgIpc) is 2.74. The van der Waals surface area contributed by atoms with Crippen molar-refractivity contribution in [1.29, 1.82) is 0 Å². The first-order valence-electron chi connectivity index (χ1n) is 9.05. The Balaban J connectivity index is 1.76.